The van der Waals surface area contributed by atoms with Crippen LogP contribution in [0.2, 0.25) is 0 Å². The second-order valence-corrected chi connectivity index (χ2v) is 9.25. The third-order valence-electron chi connectivity index (χ3n) is 4.98. The van der Waals surface area contributed by atoms with E-state index in [-0.39, 0.29) is 23.1 Å². The van der Waals surface area contributed by atoms with E-state index in [9.17, 15) is 18.5 Å². The lowest BCUT2D eigenvalue weighted by Gasteiger charge is -2.11. The van der Waals surface area contributed by atoms with Gasteiger partial charge in [-0.3, -0.25) is 9.48 Å². The van der Waals surface area contributed by atoms with Gasteiger partial charge in [0, 0.05) is 16.9 Å². The van der Waals surface area contributed by atoms with E-state index in [2.05, 4.69) is 10.4 Å². The number of nitrogens with zero attached hydrogens (tertiary/aromatic N) is 3. The number of hydrogen-bond donors (Lipinski definition) is 1. The molecule has 0 bridgehead atoms. The first-order valence-electron chi connectivity index (χ1n) is 8.97. The SMILES string of the molecule is Cc1ccccc1NC(=O)/C(C#N)=C/c1c(C)nn([C@H]2CCS(=O)(=O)C2)c1C. The number of benzene rings is 1. The quantitative estimate of drug-likeness (QED) is 0.630. The molecule has 2 aromatic rings. The molecule has 1 aromatic heterocycles. The molecule has 7 nitrogen and oxygen atoms in total. The summed E-state index contributed by atoms with van der Waals surface area (Å²) in [6.07, 6.45) is 2.04. The van der Waals surface area contributed by atoms with Gasteiger partial charge in [0.05, 0.1) is 23.2 Å². The van der Waals surface area contributed by atoms with Crippen LogP contribution in [0.3, 0.4) is 0 Å². The Morgan fingerprint density at radius 3 is 2.64 bits per heavy atom. The van der Waals surface area contributed by atoms with Crippen LogP contribution in [-0.2, 0) is 14.6 Å². The number of amides is 1. The molecular formula is C20H22N4O3S. The number of para-hydroxylation sites is 1. The summed E-state index contributed by atoms with van der Waals surface area (Å²) in [5, 5.41) is 16.7. The number of carbonyl (C=O) groups is 1. The Bertz CT molecular complexity index is 1110. The number of carbonyl (C=O) groups excluding carboxylic acids is 1. The van der Waals surface area contributed by atoms with Crippen molar-refractivity contribution >= 4 is 27.5 Å². The summed E-state index contributed by atoms with van der Waals surface area (Å²) in [6.45, 7) is 5.48. The summed E-state index contributed by atoms with van der Waals surface area (Å²) in [6, 6.07) is 9.07. The van der Waals surface area contributed by atoms with Crippen molar-refractivity contribution in [1.82, 2.24) is 9.78 Å². The Labute approximate surface area is 164 Å². The molecule has 146 valence electrons. The first-order chi connectivity index (χ1) is 13.2. The van der Waals surface area contributed by atoms with Crippen LogP contribution in [0.15, 0.2) is 29.8 Å². The molecule has 1 atom stereocenters. The van der Waals surface area contributed by atoms with Crippen molar-refractivity contribution in [3.8, 4) is 6.07 Å². The highest BCUT2D eigenvalue weighted by Gasteiger charge is 2.31. The van der Waals surface area contributed by atoms with E-state index in [1.807, 2.05) is 38.1 Å². The predicted molar refractivity (Wildman–Crippen MR) is 107 cm³/mol. The maximum absolute atomic E-state index is 12.6. The number of anilines is 1. The monoisotopic (exact) mass is 398 g/mol. The average Bonchev–Trinajstić information content (AvgIpc) is 3.14. The van der Waals surface area contributed by atoms with Crippen molar-refractivity contribution in [2.24, 2.45) is 0 Å². The largest absolute Gasteiger partial charge is 0.321 e. The van der Waals surface area contributed by atoms with Crippen LogP contribution < -0.4 is 5.32 Å². The van der Waals surface area contributed by atoms with Gasteiger partial charge in [0.25, 0.3) is 5.91 Å². The van der Waals surface area contributed by atoms with E-state index in [1.54, 1.807) is 17.7 Å². The summed E-state index contributed by atoms with van der Waals surface area (Å²) in [5.74, 6) is -0.271. The van der Waals surface area contributed by atoms with E-state index in [0.717, 1.165) is 11.3 Å². The molecule has 1 aliphatic heterocycles. The van der Waals surface area contributed by atoms with Crippen LogP contribution in [0.5, 0.6) is 0 Å². The van der Waals surface area contributed by atoms with Gasteiger partial charge in [0.2, 0.25) is 0 Å². The lowest BCUT2D eigenvalue weighted by molar-refractivity contribution is -0.112. The zero-order chi connectivity index (χ0) is 20.5. The van der Waals surface area contributed by atoms with Gasteiger partial charge >= 0.3 is 0 Å². The summed E-state index contributed by atoms with van der Waals surface area (Å²) < 4.78 is 25.3. The second kappa shape index (κ2) is 7.60. The lowest BCUT2D eigenvalue weighted by atomic mass is 10.1. The molecule has 3 rings (SSSR count). The Balaban J connectivity index is 1.90. The second-order valence-electron chi connectivity index (χ2n) is 7.02. The fourth-order valence-corrected chi connectivity index (χ4v) is 5.10. The molecule has 0 radical (unpaired) electrons. The fraction of sp³-hybridized carbons (Fsp3) is 0.350. The Morgan fingerprint density at radius 1 is 1.32 bits per heavy atom. The normalized spacial score (nSPS) is 18.6. The molecule has 1 fully saturated rings. The molecule has 0 unspecified atom stereocenters. The minimum absolute atomic E-state index is 0.0342. The van der Waals surface area contributed by atoms with Crippen molar-refractivity contribution in [2.75, 3.05) is 16.8 Å². The third-order valence-corrected chi connectivity index (χ3v) is 6.73. The van der Waals surface area contributed by atoms with Crippen molar-refractivity contribution in [3.63, 3.8) is 0 Å². The first-order valence-corrected chi connectivity index (χ1v) is 10.8. The standard InChI is InChI=1S/C20H22N4O3S/c1-13-6-4-5-7-19(13)22-20(25)16(11-21)10-18-14(2)23-24(15(18)3)17-8-9-28(26,27)12-17/h4-7,10,17H,8-9,12H2,1-3H3,(H,22,25)/b16-10+/t17-/m0/s1. The number of nitrogens with one attached hydrogen (secondary N) is 1. The predicted octanol–water partition coefficient (Wildman–Crippen LogP) is 2.71. The third kappa shape index (κ3) is 3.99. The Kier molecular flexibility index (Phi) is 5.38. The number of nitriles is 1. The summed E-state index contributed by atoms with van der Waals surface area (Å²) in [7, 11) is -3.04. The number of sulfone groups is 1. The lowest BCUT2D eigenvalue weighted by Crippen LogP contribution is -2.15. The van der Waals surface area contributed by atoms with Crippen LogP contribution in [0, 0.1) is 32.1 Å². The molecular weight excluding hydrogens is 376 g/mol. The summed E-state index contributed by atoms with van der Waals surface area (Å²) in [5.41, 5.74) is 3.58. The van der Waals surface area contributed by atoms with Crippen LogP contribution >= 0.6 is 0 Å². The highest BCUT2D eigenvalue weighted by molar-refractivity contribution is 7.91. The highest BCUT2D eigenvalue weighted by atomic mass is 32.2. The molecule has 2 heterocycles. The van der Waals surface area contributed by atoms with E-state index < -0.39 is 15.7 Å². The number of hydrogen-bond acceptors (Lipinski definition) is 5. The number of aryl methyl sites for hydroxylation is 2. The molecule has 1 saturated heterocycles. The van der Waals surface area contributed by atoms with Gasteiger partial charge in [-0.05, 0) is 44.9 Å². The van der Waals surface area contributed by atoms with E-state index in [1.165, 1.54) is 6.08 Å². The molecule has 0 saturated carbocycles. The molecule has 1 aliphatic rings. The van der Waals surface area contributed by atoms with Crippen molar-refractivity contribution < 1.29 is 13.2 Å². The number of aromatic nitrogens is 2. The van der Waals surface area contributed by atoms with Gasteiger partial charge in [-0.15, -0.1) is 0 Å². The van der Waals surface area contributed by atoms with Crippen molar-refractivity contribution in [3.05, 3.63) is 52.4 Å². The van der Waals surface area contributed by atoms with E-state index in [4.69, 9.17) is 0 Å². The minimum atomic E-state index is -3.04. The van der Waals surface area contributed by atoms with Crippen LogP contribution in [0.1, 0.15) is 35.0 Å². The molecule has 28 heavy (non-hydrogen) atoms. The van der Waals surface area contributed by atoms with E-state index >= 15 is 0 Å². The average molecular weight is 398 g/mol. The van der Waals surface area contributed by atoms with Crippen molar-refractivity contribution in [2.45, 2.75) is 33.2 Å². The Hall–Kier alpha value is -2.92. The fourth-order valence-electron chi connectivity index (χ4n) is 3.40. The van der Waals surface area contributed by atoms with Crippen LogP contribution in [-0.4, -0.2) is 35.6 Å². The van der Waals surface area contributed by atoms with Gasteiger partial charge in [0.1, 0.15) is 11.6 Å². The van der Waals surface area contributed by atoms with Gasteiger partial charge in [0.15, 0.2) is 9.84 Å². The van der Waals surface area contributed by atoms with Gasteiger partial charge in [-0.1, -0.05) is 18.2 Å². The van der Waals surface area contributed by atoms with Crippen LogP contribution in [0.4, 0.5) is 5.69 Å². The molecule has 0 spiro atoms. The molecule has 8 heteroatoms. The molecule has 1 amide bonds. The van der Waals surface area contributed by atoms with Crippen molar-refractivity contribution in [1.29, 1.82) is 5.26 Å². The molecule has 1 N–H and O–H groups in total. The minimum Gasteiger partial charge on any atom is -0.321 e. The maximum Gasteiger partial charge on any atom is 0.266 e. The van der Waals surface area contributed by atoms with Gasteiger partial charge in [-0.2, -0.15) is 10.4 Å². The summed E-state index contributed by atoms with van der Waals surface area (Å²) in [4.78, 5) is 12.6. The molecule has 0 aliphatic carbocycles. The van der Waals surface area contributed by atoms with Gasteiger partial charge in [-0.25, -0.2) is 8.42 Å². The smallest absolute Gasteiger partial charge is 0.266 e. The zero-order valence-electron chi connectivity index (χ0n) is 16.1. The van der Waals surface area contributed by atoms with Crippen LogP contribution in [0.25, 0.3) is 6.08 Å². The summed E-state index contributed by atoms with van der Waals surface area (Å²) >= 11 is 0. The highest BCUT2D eigenvalue weighted by Crippen LogP contribution is 2.28. The first kappa shape index (κ1) is 19.8. The number of rotatable bonds is 4. The Morgan fingerprint density at radius 2 is 2.04 bits per heavy atom. The maximum atomic E-state index is 12.6. The zero-order valence-corrected chi connectivity index (χ0v) is 16.9. The topological polar surface area (TPSA) is 105 Å². The van der Waals surface area contributed by atoms with E-state index in [0.29, 0.717) is 23.4 Å². The van der Waals surface area contributed by atoms with Gasteiger partial charge < -0.3 is 5.32 Å². The molecule has 1 aromatic carbocycles.